The zero-order valence-corrected chi connectivity index (χ0v) is 17.1. The molecule has 0 spiro atoms. The molecule has 0 radical (unpaired) electrons. The molecule has 1 aromatic carbocycles. The number of aliphatic hydroxyl groups excluding tert-OH is 1. The van der Waals surface area contributed by atoms with Crippen LogP contribution in [-0.4, -0.2) is 39.0 Å². The van der Waals surface area contributed by atoms with Crippen LogP contribution in [0.25, 0.3) is 11.3 Å². The average Bonchev–Trinajstić information content (AvgIpc) is 2.72. The number of hydrogen-bond donors (Lipinski definition) is 3. The highest BCUT2D eigenvalue weighted by Gasteiger charge is 2.15. The molecule has 146 valence electrons. The van der Waals surface area contributed by atoms with Crippen LogP contribution in [0.15, 0.2) is 59.8 Å². The van der Waals surface area contributed by atoms with Crippen molar-refractivity contribution in [1.82, 2.24) is 15.0 Å². The SMILES string of the molecule is CSc1cccc(Nc2cc(-c3cccnc3)nc(N[C@@H](CO)C(C)C)n2)c1. The lowest BCUT2D eigenvalue weighted by atomic mass is 10.1. The van der Waals surface area contributed by atoms with Crippen molar-refractivity contribution >= 4 is 29.2 Å². The van der Waals surface area contributed by atoms with E-state index in [1.807, 2.05) is 50.4 Å². The largest absolute Gasteiger partial charge is 0.394 e. The van der Waals surface area contributed by atoms with Crippen LogP contribution < -0.4 is 10.6 Å². The van der Waals surface area contributed by atoms with E-state index >= 15 is 0 Å². The van der Waals surface area contributed by atoms with E-state index in [1.165, 1.54) is 4.90 Å². The summed E-state index contributed by atoms with van der Waals surface area (Å²) in [6, 6.07) is 13.8. The zero-order valence-electron chi connectivity index (χ0n) is 16.3. The number of pyridine rings is 1. The molecule has 3 N–H and O–H groups in total. The van der Waals surface area contributed by atoms with E-state index in [-0.39, 0.29) is 18.6 Å². The van der Waals surface area contributed by atoms with Gasteiger partial charge in [-0.1, -0.05) is 19.9 Å². The van der Waals surface area contributed by atoms with Gasteiger partial charge in [0.15, 0.2) is 0 Å². The van der Waals surface area contributed by atoms with Gasteiger partial charge in [-0.05, 0) is 42.5 Å². The van der Waals surface area contributed by atoms with E-state index in [1.54, 1.807) is 24.2 Å². The lowest BCUT2D eigenvalue weighted by molar-refractivity contribution is 0.248. The van der Waals surface area contributed by atoms with Crippen molar-refractivity contribution in [1.29, 1.82) is 0 Å². The first kappa shape index (κ1) is 20.1. The van der Waals surface area contributed by atoms with Gasteiger partial charge in [-0.2, -0.15) is 4.98 Å². The van der Waals surface area contributed by atoms with Crippen molar-refractivity contribution in [2.75, 3.05) is 23.5 Å². The lowest BCUT2D eigenvalue weighted by Gasteiger charge is -2.20. The van der Waals surface area contributed by atoms with E-state index in [9.17, 15) is 5.11 Å². The van der Waals surface area contributed by atoms with Crippen LogP contribution in [0.4, 0.5) is 17.5 Å². The number of aliphatic hydroxyl groups is 1. The minimum absolute atomic E-state index is 0.0106. The number of aromatic nitrogens is 3. The number of nitrogens with zero attached hydrogens (tertiary/aromatic N) is 3. The fourth-order valence-electron chi connectivity index (χ4n) is 2.68. The summed E-state index contributed by atoms with van der Waals surface area (Å²) in [5.41, 5.74) is 2.62. The third-order valence-corrected chi connectivity index (χ3v) is 5.07. The van der Waals surface area contributed by atoms with Gasteiger partial charge in [0.2, 0.25) is 5.95 Å². The van der Waals surface area contributed by atoms with Crippen LogP contribution in [0, 0.1) is 5.92 Å². The summed E-state index contributed by atoms with van der Waals surface area (Å²) in [6.45, 7) is 4.11. The third-order valence-electron chi connectivity index (χ3n) is 4.34. The molecule has 0 fully saturated rings. The molecule has 2 heterocycles. The molecule has 0 saturated carbocycles. The second kappa shape index (κ2) is 9.52. The van der Waals surface area contributed by atoms with Crippen LogP contribution in [-0.2, 0) is 0 Å². The second-order valence-corrected chi connectivity index (χ2v) is 7.62. The van der Waals surface area contributed by atoms with Crippen molar-refractivity contribution in [2.24, 2.45) is 5.92 Å². The maximum absolute atomic E-state index is 9.66. The monoisotopic (exact) mass is 395 g/mol. The van der Waals surface area contributed by atoms with E-state index in [4.69, 9.17) is 0 Å². The van der Waals surface area contributed by atoms with Crippen LogP contribution >= 0.6 is 11.8 Å². The van der Waals surface area contributed by atoms with Crippen molar-refractivity contribution in [3.63, 3.8) is 0 Å². The molecule has 0 bridgehead atoms. The Morgan fingerprint density at radius 2 is 1.96 bits per heavy atom. The highest BCUT2D eigenvalue weighted by atomic mass is 32.2. The molecule has 7 heteroatoms. The molecule has 0 aliphatic rings. The van der Waals surface area contributed by atoms with Crippen molar-refractivity contribution in [3.8, 4) is 11.3 Å². The molecule has 1 atom stereocenters. The molecule has 28 heavy (non-hydrogen) atoms. The van der Waals surface area contributed by atoms with E-state index in [2.05, 4.69) is 37.7 Å². The minimum atomic E-state index is -0.128. The first-order valence-electron chi connectivity index (χ1n) is 9.17. The normalized spacial score (nSPS) is 12.0. The van der Waals surface area contributed by atoms with Gasteiger partial charge in [-0.25, -0.2) is 4.98 Å². The Labute approximate surface area is 169 Å². The summed E-state index contributed by atoms with van der Waals surface area (Å²) in [7, 11) is 0. The number of thioether (sulfide) groups is 1. The van der Waals surface area contributed by atoms with Gasteiger partial charge in [0.05, 0.1) is 18.3 Å². The van der Waals surface area contributed by atoms with Crippen LogP contribution in [0.1, 0.15) is 13.8 Å². The Bertz CT molecular complexity index is 904. The Balaban J connectivity index is 1.96. The molecule has 3 aromatic rings. The number of benzene rings is 1. The van der Waals surface area contributed by atoms with Crippen molar-refractivity contribution in [2.45, 2.75) is 24.8 Å². The quantitative estimate of drug-likeness (QED) is 0.487. The predicted molar refractivity (Wildman–Crippen MR) is 116 cm³/mol. The van der Waals surface area contributed by atoms with Gasteiger partial charge in [0, 0.05) is 34.6 Å². The molecular formula is C21H25N5OS. The highest BCUT2D eigenvalue weighted by molar-refractivity contribution is 7.98. The highest BCUT2D eigenvalue weighted by Crippen LogP contribution is 2.25. The fraction of sp³-hybridized carbons (Fsp3) is 0.286. The Kier molecular flexibility index (Phi) is 6.84. The van der Waals surface area contributed by atoms with Gasteiger partial charge in [0.25, 0.3) is 0 Å². The molecule has 0 amide bonds. The Morgan fingerprint density at radius 1 is 1.11 bits per heavy atom. The predicted octanol–water partition coefficient (Wildman–Crippen LogP) is 4.43. The van der Waals surface area contributed by atoms with Gasteiger partial charge < -0.3 is 15.7 Å². The van der Waals surface area contributed by atoms with Crippen LogP contribution in [0.5, 0.6) is 0 Å². The number of rotatable bonds is 8. The first-order chi connectivity index (χ1) is 13.6. The molecule has 6 nitrogen and oxygen atoms in total. The Hall–Kier alpha value is -2.64. The van der Waals surface area contributed by atoms with Crippen molar-refractivity contribution < 1.29 is 5.11 Å². The first-order valence-corrected chi connectivity index (χ1v) is 10.4. The minimum Gasteiger partial charge on any atom is -0.394 e. The molecule has 0 saturated heterocycles. The summed E-state index contributed by atoms with van der Waals surface area (Å²) >= 11 is 1.69. The van der Waals surface area contributed by atoms with Gasteiger partial charge >= 0.3 is 0 Å². The molecule has 3 rings (SSSR count). The summed E-state index contributed by atoms with van der Waals surface area (Å²) in [6.07, 6.45) is 5.56. The van der Waals surface area contributed by atoms with Crippen molar-refractivity contribution in [3.05, 3.63) is 54.9 Å². The molecule has 0 unspecified atom stereocenters. The van der Waals surface area contributed by atoms with Gasteiger partial charge in [-0.15, -0.1) is 11.8 Å². The third kappa shape index (κ3) is 5.21. The molecule has 0 aliphatic heterocycles. The van der Waals surface area contributed by atoms with Gasteiger partial charge in [-0.3, -0.25) is 4.98 Å². The number of hydrogen-bond acceptors (Lipinski definition) is 7. The maximum atomic E-state index is 9.66. The van der Waals surface area contributed by atoms with Crippen LogP contribution in [0.2, 0.25) is 0 Å². The summed E-state index contributed by atoms with van der Waals surface area (Å²) in [4.78, 5) is 14.6. The summed E-state index contributed by atoms with van der Waals surface area (Å²) in [5, 5.41) is 16.3. The topological polar surface area (TPSA) is 83.0 Å². The standard InChI is InChI=1S/C21H25N5OS/c1-14(2)19(13-27)25-21-24-18(15-6-5-9-22-12-15)11-20(26-21)23-16-7-4-8-17(10-16)28-3/h4-12,14,19,27H,13H2,1-3H3,(H2,23,24,25,26)/t19-/m0/s1. The molecule has 2 aromatic heterocycles. The average molecular weight is 396 g/mol. The van der Waals surface area contributed by atoms with E-state index < -0.39 is 0 Å². The second-order valence-electron chi connectivity index (χ2n) is 6.74. The summed E-state index contributed by atoms with van der Waals surface area (Å²) in [5.74, 6) is 1.39. The number of anilines is 3. The Morgan fingerprint density at radius 3 is 2.64 bits per heavy atom. The van der Waals surface area contributed by atoms with Gasteiger partial charge in [0.1, 0.15) is 5.82 Å². The van der Waals surface area contributed by atoms with E-state index in [0.29, 0.717) is 11.8 Å². The fourth-order valence-corrected chi connectivity index (χ4v) is 3.14. The summed E-state index contributed by atoms with van der Waals surface area (Å²) < 4.78 is 0. The smallest absolute Gasteiger partial charge is 0.225 e. The maximum Gasteiger partial charge on any atom is 0.225 e. The number of nitrogens with one attached hydrogen (secondary N) is 2. The molecular weight excluding hydrogens is 370 g/mol. The van der Waals surface area contributed by atoms with E-state index in [0.717, 1.165) is 16.9 Å². The zero-order chi connectivity index (χ0) is 19.9. The molecule has 0 aliphatic carbocycles. The lowest BCUT2D eigenvalue weighted by Crippen LogP contribution is -2.30. The van der Waals surface area contributed by atoms with Crippen LogP contribution in [0.3, 0.4) is 0 Å².